The number of fused-ring (bicyclic) bond motifs is 19. The van der Waals surface area contributed by atoms with E-state index in [-0.39, 0.29) is 54.9 Å². The van der Waals surface area contributed by atoms with E-state index in [2.05, 4.69) is 31.2 Å². The number of allylic oxidation sites excluding steroid dienone is 12. The van der Waals surface area contributed by atoms with Crippen LogP contribution in [0.2, 0.25) is 0 Å². The number of hydrogen-bond acceptors (Lipinski definition) is 21. The summed E-state index contributed by atoms with van der Waals surface area (Å²) in [5.41, 5.74) is 6.58. The van der Waals surface area contributed by atoms with E-state index >= 15 is 13.2 Å². The zero-order chi connectivity index (χ0) is 94.9. The number of aldehydes is 1. The van der Waals surface area contributed by atoms with Gasteiger partial charge in [0.2, 0.25) is 0 Å². The maximum absolute atomic E-state index is 17.5. The van der Waals surface area contributed by atoms with Crippen molar-refractivity contribution in [1.82, 2.24) is 0 Å². The third-order valence-corrected chi connectivity index (χ3v) is 34.1. The van der Waals surface area contributed by atoms with Crippen molar-refractivity contribution in [3.05, 3.63) is 273 Å². The lowest BCUT2D eigenvalue weighted by atomic mass is 9.44. The molecular weight excluding hydrogens is 1700 g/mol. The summed E-state index contributed by atoms with van der Waals surface area (Å²) in [6, 6.07) is 46.3. The number of aryl methyl sites for hydroxylation is 1. The van der Waals surface area contributed by atoms with Gasteiger partial charge < -0.3 is 71.3 Å². The molecule has 698 valence electrons. The molecule has 2 heterocycles. The number of ketones is 6. The van der Waals surface area contributed by atoms with Gasteiger partial charge in [0.05, 0.1) is 36.6 Å². The molecule has 0 spiro atoms. The molecular formula is C109H117F3N2O19. The molecule has 133 heavy (non-hydrogen) atoms. The summed E-state index contributed by atoms with van der Waals surface area (Å²) >= 11 is 0. The lowest BCUT2D eigenvalue weighted by Crippen LogP contribution is -2.69. The largest absolute Gasteiger partial charge is 0.399 e. The molecule has 20 rings (SSSR count). The van der Waals surface area contributed by atoms with Gasteiger partial charge in [0.25, 0.3) is 0 Å². The van der Waals surface area contributed by atoms with Gasteiger partial charge in [0.15, 0.2) is 81.1 Å². The normalized spacial score (nSPS) is 39.4. The summed E-state index contributed by atoms with van der Waals surface area (Å²) in [6.07, 6.45) is 20.4. The molecule has 12 aliphatic carbocycles. The number of Topliss-reactive ketones (excluding diaryl/α,β-unsaturated/α-hetero) is 3. The number of aliphatic hydroxyl groups is 8. The smallest absolute Gasteiger partial charge is 0.193 e. The number of carbonyl (C=O) groups is 7. The Morgan fingerprint density at radius 2 is 0.737 bits per heavy atom. The van der Waals surface area contributed by atoms with Crippen LogP contribution in [-0.4, -0.2) is 172 Å². The fourth-order valence-electron chi connectivity index (χ4n) is 27.2. The van der Waals surface area contributed by atoms with Gasteiger partial charge in [-0.2, -0.15) is 0 Å². The van der Waals surface area contributed by atoms with Gasteiger partial charge in [0, 0.05) is 78.3 Å². The van der Waals surface area contributed by atoms with E-state index < -0.39 is 176 Å². The number of anilines is 2. The molecule has 26 atom stereocenters. The third-order valence-electron chi connectivity index (χ3n) is 34.1. The Kier molecular flexibility index (Phi) is 24.6. The SMILES string of the molecule is C[C@]12C=CC(=O)C=C1CC[C@H]1[C@@H]3C[C@@H](O)[C@](O)(C(=O)CO)[C@@]3(C)C[C@H](O)[C@@]12F.C[C@]12C=CC(=O)C=C1CC[C@H]1[C@@H]3C[C@H]4O[C@@H](c5ccc(/C=C/c6cccc(N)c6)cc5)O[C@@]4(C(=O)CO)[C@@]3(C)C[C@H](O)[C@@]12F.C[C@]12C=CC(=O)C=C1CC[C@H]1[C@@H]3C[C@H]4O[C@H](c5ccc(/C=C/c6cccc(N)c6)cc5)O[C@@]4(C(=O)CO)[C@@]3(C)C[C@H](O)[C@@]12F.Cc1cccc(/C=C/c2ccc(C=O)cc2)c1. The van der Waals surface area contributed by atoms with Crippen LogP contribution < -0.4 is 11.5 Å². The Balaban J connectivity index is 0.000000130. The Hall–Kier alpha value is -10.4. The molecule has 14 aliphatic rings. The molecule has 0 amide bonds. The molecule has 0 radical (unpaired) electrons. The van der Waals surface area contributed by atoms with Gasteiger partial charge in [-0.1, -0.05) is 219 Å². The summed E-state index contributed by atoms with van der Waals surface area (Å²) in [5, 5.41) is 85.9. The number of aliphatic hydroxyl groups excluding tert-OH is 7. The molecule has 0 aromatic heterocycles. The van der Waals surface area contributed by atoms with Crippen LogP contribution in [0.15, 0.2) is 217 Å². The molecule has 6 aromatic rings. The predicted molar refractivity (Wildman–Crippen MR) is 496 cm³/mol. The molecule has 9 saturated carbocycles. The molecule has 12 N–H and O–H groups in total. The highest BCUT2D eigenvalue weighted by Gasteiger charge is 2.83. The van der Waals surface area contributed by atoms with Crippen molar-refractivity contribution in [2.45, 2.75) is 209 Å². The highest BCUT2D eigenvalue weighted by atomic mass is 19.2. The Morgan fingerprint density at radius 3 is 1.08 bits per heavy atom. The minimum Gasteiger partial charge on any atom is -0.399 e. The number of halogens is 3. The van der Waals surface area contributed by atoms with E-state index in [0.717, 1.165) is 45.2 Å². The van der Waals surface area contributed by atoms with E-state index in [9.17, 15) is 74.4 Å². The van der Waals surface area contributed by atoms with Gasteiger partial charge in [-0.15, -0.1) is 0 Å². The summed E-state index contributed by atoms with van der Waals surface area (Å²) in [6.45, 7) is 10.2. The monoisotopic (exact) mass is 1810 g/mol. The van der Waals surface area contributed by atoms with Crippen molar-refractivity contribution in [2.24, 2.45) is 68.0 Å². The van der Waals surface area contributed by atoms with Crippen molar-refractivity contribution in [2.75, 3.05) is 31.3 Å². The zero-order valence-electron chi connectivity index (χ0n) is 75.6. The van der Waals surface area contributed by atoms with Crippen LogP contribution in [0.4, 0.5) is 24.5 Å². The van der Waals surface area contributed by atoms with Crippen LogP contribution in [0.5, 0.6) is 0 Å². The number of rotatable bonds is 15. The highest BCUT2D eigenvalue weighted by Crippen LogP contribution is 2.76. The van der Waals surface area contributed by atoms with Gasteiger partial charge in [-0.25, -0.2) is 13.2 Å². The van der Waals surface area contributed by atoms with Crippen LogP contribution in [0, 0.1) is 74.9 Å². The van der Waals surface area contributed by atoms with Gasteiger partial charge in [-0.05, 0) is 217 Å². The zero-order valence-corrected chi connectivity index (χ0v) is 75.6. The molecule has 11 fully saturated rings. The molecule has 0 bridgehead atoms. The number of nitrogen functional groups attached to an aromatic ring is 2. The first-order valence-electron chi connectivity index (χ1n) is 46.2. The molecule has 24 heteroatoms. The van der Waals surface area contributed by atoms with Crippen LogP contribution >= 0.6 is 0 Å². The fraction of sp³-hybridized carbons (Fsp3) is 0.440. The topological polar surface area (TPSA) is 370 Å². The van der Waals surface area contributed by atoms with Crippen LogP contribution in [0.3, 0.4) is 0 Å². The predicted octanol–water partition coefficient (Wildman–Crippen LogP) is 14.9. The third kappa shape index (κ3) is 14.6. The summed E-state index contributed by atoms with van der Waals surface area (Å²) in [7, 11) is 0. The molecule has 2 aliphatic heterocycles. The fourth-order valence-corrected chi connectivity index (χ4v) is 27.2. The number of hydrogen-bond donors (Lipinski definition) is 10. The number of ether oxygens (including phenoxy) is 4. The number of nitrogens with two attached hydrogens (primary N) is 2. The van der Waals surface area contributed by atoms with Gasteiger partial charge >= 0.3 is 0 Å². The molecule has 6 aromatic carbocycles. The molecule has 0 unspecified atom stereocenters. The van der Waals surface area contributed by atoms with Crippen molar-refractivity contribution < 1.29 is 107 Å². The van der Waals surface area contributed by atoms with Gasteiger partial charge in [-0.3, -0.25) is 33.6 Å². The first-order chi connectivity index (χ1) is 63.2. The first-order valence-corrected chi connectivity index (χ1v) is 46.2. The van der Waals surface area contributed by atoms with Crippen LogP contribution in [0.1, 0.15) is 192 Å². The lowest BCUT2D eigenvalue weighted by molar-refractivity contribution is -0.231. The maximum atomic E-state index is 17.5. The van der Waals surface area contributed by atoms with E-state index in [4.69, 9.17) is 30.4 Å². The number of alkyl halides is 3. The summed E-state index contributed by atoms with van der Waals surface area (Å²) < 4.78 is 78.0. The second-order valence-electron chi connectivity index (χ2n) is 40.5. The Labute approximate surface area is 771 Å². The molecule has 21 nitrogen and oxygen atoms in total. The Morgan fingerprint density at radius 1 is 0.414 bits per heavy atom. The number of carbonyl (C=O) groups excluding carboxylic acids is 7. The quantitative estimate of drug-likeness (QED) is 0.0259. The summed E-state index contributed by atoms with van der Waals surface area (Å²) in [4.78, 5) is 86.4. The van der Waals surface area contributed by atoms with Crippen molar-refractivity contribution in [3.8, 4) is 0 Å². The number of benzene rings is 6. The van der Waals surface area contributed by atoms with Crippen LogP contribution in [0.25, 0.3) is 36.5 Å². The molecule has 2 saturated heterocycles. The average molecular weight is 1820 g/mol. The standard InChI is InChI=1S/2C36H38FNO6.C21H27FO6.C16H14O/c2*1-33-15-14-26(40)17-24(33)12-13-27-28-18-31-36(30(42)20-39,34(28,2)19-29(41)35(27,33)37)44-32(43-31)23-10-8-21(9-11-23)6-7-22-4-3-5-25(38)16-22;1-18-6-5-12(24)7-11(18)3-4-13-14-8-15(25)21(28,17(27)10-23)19(14,2)9-16(26)20(13,18)22;1-13-3-2-4-15(11-13)8-5-14-6-9-16(12-17)10-7-14/h2*3-11,14-17,27-29,31-32,39,41H,12-13,18-20,38H2,1-2H3;5-7,13-16,23,25-26,28H,3-4,8-10H2,1-2H3;2-12H,1H3/b2*7-6+;;8-5+/t27-,28-,29-,31+,32+,33-,34-,35-,36+;27-,28-,29-,31+,32-,33-,34-,35-,36+;13-,14-,15+,16-,18-,19-,20-,21-;/m000./s1. The Bertz CT molecular complexity index is 5700. The summed E-state index contributed by atoms with van der Waals surface area (Å²) in [5.74, 6) is -5.63. The maximum Gasteiger partial charge on any atom is 0.193 e. The van der Waals surface area contributed by atoms with Crippen molar-refractivity contribution in [1.29, 1.82) is 0 Å². The van der Waals surface area contributed by atoms with Crippen molar-refractivity contribution in [3.63, 3.8) is 0 Å². The van der Waals surface area contributed by atoms with Gasteiger partial charge in [0.1, 0.15) is 26.1 Å². The van der Waals surface area contributed by atoms with Crippen LogP contribution in [-0.2, 0) is 47.7 Å². The average Bonchev–Trinajstić information content (AvgIpc) is 1.52. The van der Waals surface area contributed by atoms with E-state index in [1.165, 1.54) is 53.7 Å². The lowest BCUT2D eigenvalue weighted by Gasteiger charge is -2.62. The first kappa shape index (κ1) is 94.4. The highest BCUT2D eigenvalue weighted by molar-refractivity contribution is 6.03. The van der Waals surface area contributed by atoms with E-state index in [1.807, 2.05) is 172 Å². The van der Waals surface area contributed by atoms with E-state index in [1.54, 1.807) is 39.8 Å². The van der Waals surface area contributed by atoms with E-state index in [0.29, 0.717) is 85.0 Å². The second kappa shape index (κ2) is 34.7. The minimum atomic E-state index is -2.23. The van der Waals surface area contributed by atoms with Crippen molar-refractivity contribution >= 4 is 88.8 Å². The minimum absolute atomic E-state index is 0.0135. The second-order valence-corrected chi connectivity index (χ2v) is 40.5.